The van der Waals surface area contributed by atoms with E-state index in [1.807, 2.05) is 24.7 Å². The molecule has 0 aliphatic rings. The van der Waals surface area contributed by atoms with Crippen LogP contribution >= 0.6 is 0 Å². The molecule has 2 aromatic heterocycles. The van der Waals surface area contributed by atoms with Gasteiger partial charge in [0.1, 0.15) is 5.69 Å². The number of hydrogen-bond donors (Lipinski definition) is 1. The molecule has 0 aromatic carbocycles. The Morgan fingerprint density at radius 1 is 1.44 bits per heavy atom. The average molecular weight is 248 g/mol. The number of oxazole rings is 1. The first-order valence-corrected chi connectivity index (χ1v) is 6.38. The van der Waals surface area contributed by atoms with Crippen LogP contribution in [0.3, 0.4) is 0 Å². The van der Waals surface area contributed by atoms with E-state index in [2.05, 4.69) is 29.2 Å². The maximum atomic E-state index is 5.79. The van der Waals surface area contributed by atoms with Gasteiger partial charge in [0.25, 0.3) is 0 Å². The molecule has 0 aliphatic heterocycles. The minimum absolute atomic E-state index is 0.127. The van der Waals surface area contributed by atoms with E-state index in [-0.39, 0.29) is 6.04 Å². The monoisotopic (exact) mass is 248 g/mol. The zero-order chi connectivity index (χ0) is 13.1. The van der Waals surface area contributed by atoms with E-state index in [1.54, 1.807) is 6.20 Å². The number of nitrogens with zero attached hydrogens (tertiary/aromatic N) is 3. The van der Waals surface area contributed by atoms with Crippen LogP contribution in [0.2, 0.25) is 0 Å². The second kappa shape index (κ2) is 5.35. The summed E-state index contributed by atoms with van der Waals surface area (Å²) in [5, 5.41) is 7.69. The second-order valence-corrected chi connectivity index (χ2v) is 4.34. The molecule has 18 heavy (non-hydrogen) atoms. The van der Waals surface area contributed by atoms with E-state index in [9.17, 15) is 0 Å². The summed E-state index contributed by atoms with van der Waals surface area (Å²) in [4.78, 5) is 4.32. The molecule has 2 rings (SSSR count). The van der Waals surface area contributed by atoms with Gasteiger partial charge in [-0.3, -0.25) is 4.68 Å². The Hall–Kier alpha value is -1.62. The van der Waals surface area contributed by atoms with E-state index >= 15 is 0 Å². The van der Waals surface area contributed by atoms with Gasteiger partial charge < -0.3 is 9.73 Å². The van der Waals surface area contributed by atoms with Gasteiger partial charge in [0.2, 0.25) is 5.89 Å². The summed E-state index contributed by atoms with van der Waals surface area (Å²) < 4.78 is 7.62. The molecule has 1 unspecified atom stereocenters. The summed E-state index contributed by atoms with van der Waals surface area (Å²) in [6.45, 7) is 7.09. The van der Waals surface area contributed by atoms with Crippen molar-refractivity contribution >= 4 is 0 Å². The van der Waals surface area contributed by atoms with Crippen LogP contribution in [0, 0.1) is 0 Å². The lowest BCUT2D eigenvalue weighted by atomic mass is 10.3. The summed E-state index contributed by atoms with van der Waals surface area (Å²) >= 11 is 0. The molecule has 98 valence electrons. The molecular weight excluding hydrogens is 228 g/mol. The highest BCUT2D eigenvalue weighted by Crippen LogP contribution is 2.23. The Morgan fingerprint density at radius 2 is 2.22 bits per heavy atom. The summed E-state index contributed by atoms with van der Waals surface area (Å²) in [5.74, 6) is 1.48. The molecule has 1 atom stereocenters. The molecule has 0 aliphatic carbocycles. The maximum absolute atomic E-state index is 5.79. The lowest BCUT2D eigenvalue weighted by Gasteiger charge is -2.06. The number of aryl methyl sites for hydroxylation is 2. The van der Waals surface area contributed by atoms with Crippen molar-refractivity contribution in [3.8, 4) is 11.5 Å². The standard InChI is InChI=1S/C13H20N4O/c1-5-10-7-11(17(4)16-10)12-8-15-13(18-12)9(3)14-6-2/h7-9,14H,5-6H2,1-4H3. The Bertz CT molecular complexity index is 515. The zero-order valence-electron chi connectivity index (χ0n) is 11.4. The Kier molecular flexibility index (Phi) is 3.81. The van der Waals surface area contributed by atoms with Crippen LogP contribution in [0.4, 0.5) is 0 Å². The molecule has 2 heterocycles. The van der Waals surface area contributed by atoms with E-state index < -0.39 is 0 Å². The van der Waals surface area contributed by atoms with Crippen molar-refractivity contribution in [2.45, 2.75) is 33.2 Å². The normalized spacial score (nSPS) is 12.9. The lowest BCUT2D eigenvalue weighted by molar-refractivity contribution is 0.427. The number of hydrogen-bond acceptors (Lipinski definition) is 4. The van der Waals surface area contributed by atoms with Crippen molar-refractivity contribution in [2.75, 3.05) is 6.54 Å². The molecule has 2 aromatic rings. The van der Waals surface area contributed by atoms with Crippen LogP contribution in [0.5, 0.6) is 0 Å². The van der Waals surface area contributed by atoms with E-state index in [4.69, 9.17) is 4.42 Å². The van der Waals surface area contributed by atoms with Gasteiger partial charge in [-0.05, 0) is 26.0 Å². The minimum Gasteiger partial charge on any atom is -0.437 e. The van der Waals surface area contributed by atoms with Gasteiger partial charge in [0, 0.05) is 7.05 Å². The van der Waals surface area contributed by atoms with Gasteiger partial charge in [-0.1, -0.05) is 13.8 Å². The third kappa shape index (κ3) is 2.46. The minimum atomic E-state index is 0.127. The van der Waals surface area contributed by atoms with Crippen LogP contribution in [0.15, 0.2) is 16.7 Å². The first-order chi connectivity index (χ1) is 8.65. The predicted molar refractivity (Wildman–Crippen MR) is 70.2 cm³/mol. The Labute approximate surface area is 107 Å². The van der Waals surface area contributed by atoms with Crippen molar-refractivity contribution < 1.29 is 4.42 Å². The predicted octanol–water partition coefficient (Wildman–Crippen LogP) is 2.31. The number of nitrogens with one attached hydrogen (secondary N) is 1. The molecule has 0 bridgehead atoms. The molecule has 0 fully saturated rings. The van der Waals surface area contributed by atoms with Crippen molar-refractivity contribution in [3.05, 3.63) is 23.8 Å². The molecular formula is C13H20N4O. The Morgan fingerprint density at radius 3 is 2.83 bits per heavy atom. The second-order valence-electron chi connectivity index (χ2n) is 4.34. The molecule has 5 heteroatoms. The van der Waals surface area contributed by atoms with Gasteiger partial charge in [-0.25, -0.2) is 4.98 Å². The largest absolute Gasteiger partial charge is 0.437 e. The fourth-order valence-electron chi connectivity index (χ4n) is 1.93. The molecule has 5 nitrogen and oxygen atoms in total. The third-order valence-corrected chi connectivity index (χ3v) is 2.95. The van der Waals surface area contributed by atoms with Crippen molar-refractivity contribution in [2.24, 2.45) is 7.05 Å². The van der Waals surface area contributed by atoms with Gasteiger partial charge in [0.15, 0.2) is 5.76 Å². The molecule has 0 radical (unpaired) electrons. The van der Waals surface area contributed by atoms with Crippen molar-refractivity contribution in [3.63, 3.8) is 0 Å². The van der Waals surface area contributed by atoms with Crippen LogP contribution in [0.25, 0.3) is 11.5 Å². The van der Waals surface area contributed by atoms with Crippen LogP contribution in [0.1, 0.15) is 38.4 Å². The highest BCUT2D eigenvalue weighted by Gasteiger charge is 2.15. The molecule has 0 saturated carbocycles. The van der Waals surface area contributed by atoms with Gasteiger partial charge in [0.05, 0.1) is 17.9 Å². The lowest BCUT2D eigenvalue weighted by Crippen LogP contribution is -2.17. The summed E-state index contributed by atoms with van der Waals surface area (Å²) in [6, 6.07) is 2.17. The summed E-state index contributed by atoms with van der Waals surface area (Å²) in [5.41, 5.74) is 2.03. The van der Waals surface area contributed by atoms with E-state index in [0.29, 0.717) is 5.89 Å². The topological polar surface area (TPSA) is 55.9 Å². The zero-order valence-corrected chi connectivity index (χ0v) is 11.4. The van der Waals surface area contributed by atoms with Gasteiger partial charge in [-0.2, -0.15) is 5.10 Å². The number of rotatable bonds is 5. The first-order valence-electron chi connectivity index (χ1n) is 6.38. The highest BCUT2D eigenvalue weighted by atomic mass is 16.4. The SMILES string of the molecule is CCNC(C)c1ncc(-c2cc(CC)nn2C)o1. The molecule has 0 saturated heterocycles. The van der Waals surface area contributed by atoms with Crippen LogP contribution < -0.4 is 5.32 Å². The quantitative estimate of drug-likeness (QED) is 0.882. The van der Waals surface area contributed by atoms with Gasteiger partial charge >= 0.3 is 0 Å². The van der Waals surface area contributed by atoms with Crippen LogP contribution in [-0.2, 0) is 13.5 Å². The first kappa shape index (κ1) is 12.8. The smallest absolute Gasteiger partial charge is 0.211 e. The van der Waals surface area contributed by atoms with Crippen molar-refractivity contribution in [1.82, 2.24) is 20.1 Å². The highest BCUT2D eigenvalue weighted by molar-refractivity contribution is 5.52. The molecule has 1 N–H and O–H groups in total. The fourth-order valence-corrected chi connectivity index (χ4v) is 1.93. The van der Waals surface area contributed by atoms with E-state index in [1.165, 1.54) is 0 Å². The summed E-state index contributed by atoms with van der Waals surface area (Å²) in [6.07, 6.45) is 2.68. The summed E-state index contributed by atoms with van der Waals surface area (Å²) in [7, 11) is 1.92. The van der Waals surface area contributed by atoms with Crippen LogP contribution in [-0.4, -0.2) is 21.3 Å². The average Bonchev–Trinajstić information content (AvgIpc) is 2.95. The fraction of sp³-hybridized carbons (Fsp3) is 0.538. The van der Waals surface area contributed by atoms with Crippen molar-refractivity contribution in [1.29, 1.82) is 0 Å². The number of aromatic nitrogens is 3. The van der Waals surface area contributed by atoms with E-state index in [0.717, 1.165) is 30.1 Å². The Balaban J connectivity index is 2.26. The third-order valence-electron chi connectivity index (χ3n) is 2.95. The maximum Gasteiger partial charge on any atom is 0.211 e. The molecule has 0 amide bonds. The molecule has 0 spiro atoms. The van der Waals surface area contributed by atoms with Gasteiger partial charge in [-0.15, -0.1) is 0 Å².